The Balaban J connectivity index is 0.000000583. The summed E-state index contributed by atoms with van der Waals surface area (Å²) in [6, 6.07) is 6.54. The molecule has 1 rings (SSSR count). The molecule has 1 aromatic rings. The predicted molar refractivity (Wildman–Crippen MR) is 55.8 cm³/mol. The third kappa shape index (κ3) is 6.93. The standard InChI is InChI=1S/C7H9BO4.C2H6O/c9-7-4-2-1-3-6(7)5-12-8(10)11;1-2-3/h1-4,9-11H,5H2;3H,2H2,1H3. The quantitative estimate of drug-likeness (QED) is 0.526. The monoisotopic (exact) mass is 214 g/mol. The van der Waals surface area contributed by atoms with Crippen molar-refractivity contribution in [3.8, 4) is 5.75 Å². The van der Waals surface area contributed by atoms with Gasteiger partial charge in [0.25, 0.3) is 0 Å². The lowest BCUT2D eigenvalue weighted by atomic mass is 10.2. The highest BCUT2D eigenvalue weighted by Crippen LogP contribution is 2.16. The molecule has 0 aliphatic carbocycles. The second-order valence-electron chi connectivity index (χ2n) is 2.58. The third-order valence-electron chi connectivity index (χ3n) is 1.38. The lowest BCUT2D eigenvalue weighted by molar-refractivity contribution is 0.175. The molecule has 0 unspecified atom stereocenters. The number of aliphatic hydroxyl groups is 1. The highest BCUT2D eigenvalue weighted by atomic mass is 16.6. The second kappa shape index (κ2) is 8.25. The van der Waals surface area contributed by atoms with Crippen molar-refractivity contribution in [2.24, 2.45) is 0 Å². The van der Waals surface area contributed by atoms with Crippen LogP contribution >= 0.6 is 0 Å². The van der Waals surface area contributed by atoms with Crippen molar-refractivity contribution in [2.75, 3.05) is 6.61 Å². The van der Waals surface area contributed by atoms with Gasteiger partial charge in [-0.1, -0.05) is 18.2 Å². The first-order valence-corrected chi connectivity index (χ1v) is 4.47. The molecule has 1 aromatic carbocycles. The zero-order valence-corrected chi connectivity index (χ0v) is 8.50. The largest absolute Gasteiger partial charge is 0.634 e. The van der Waals surface area contributed by atoms with Crippen LogP contribution in [-0.4, -0.2) is 34.2 Å². The number of benzene rings is 1. The van der Waals surface area contributed by atoms with E-state index in [1.165, 1.54) is 6.07 Å². The fourth-order valence-electron chi connectivity index (χ4n) is 0.797. The van der Waals surface area contributed by atoms with Gasteiger partial charge in [-0.15, -0.1) is 0 Å². The lowest BCUT2D eigenvalue weighted by Gasteiger charge is -2.04. The van der Waals surface area contributed by atoms with Crippen LogP contribution in [0.1, 0.15) is 12.5 Å². The molecule has 0 bridgehead atoms. The van der Waals surface area contributed by atoms with Crippen molar-refractivity contribution < 1.29 is 24.9 Å². The first-order valence-electron chi connectivity index (χ1n) is 4.47. The van der Waals surface area contributed by atoms with Crippen LogP contribution in [0, 0.1) is 0 Å². The molecule has 6 heteroatoms. The Morgan fingerprint density at radius 3 is 2.27 bits per heavy atom. The number of aromatic hydroxyl groups is 1. The molecule has 84 valence electrons. The van der Waals surface area contributed by atoms with Crippen molar-refractivity contribution in [3.05, 3.63) is 29.8 Å². The number of para-hydroxylation sites is 1. The molecule has 0 fully saturated rings. The summed E-state index contributed by atoms with van der Waals surface area (Å²) in [5.74, 6) is 0.0816. The van der Waals surface area contributed by atoms with Crippen molar-refractivity contribution in [2.45, 2.75) is 13.5 Å². The van der Waals surface area contributed by atoms with Gasteiger partial charge >= 0.3 is 7.32 Å². The zero-order valence-electron chi connectivity index (χ0n) is 8.50. The van der Waals surface area contributed by atoms with Crippen LogP contribution in [0.3, 0.4) is 0 Å². The number of phenols is 1. The summed E-state index contributed by atoms with van der Waals surface area (Å²) >= 11 is 0. The van der Waals surface area contributed by atoms with E-state index in [1.54, 1.807) is 25.1 Å². The number of rotatable bonds is 3. The van der Waals surface area contributed by atoms with Gasteiger partial charge in [-0.05, 0) is 13.0 Å². The molecule has 0 aliphatic heterocycles. The van der Waals surface area contributed by atoms with Crippen molar-refractivity contribution in [1.82, 2.24) is 0 Å². The van der Waals surface area contributed by atoms with Crippen LogP contribution in [0.4, 0.5) is 0 Å². The Hall–Kier alpha value is -1.08. The van der Waals surface area contributed by atoms with E-state index in [9.17, 15) is 5.11 Å². The summed E-state index contributed by atoms with van der Waals surface area (Å²) in [7, 11) is -1.80. The zero-order chi connectivity index (χ0) is 11.7. The van der Waals surface area contributed by atoms with Crippen molar-refractivity contribution >= 4 is 7.32 Å². The molecule has 0 atom stereocenters. The summed E-state index contributed by atoms with van der Waals surface area (Å²) in [5, 5.41) is 33.5. The van der Waals surface area contributed by atoms with Gasteiger partial charge in [0.05, 0.1) is 6.61 Å². The van der Waals surface area contributed by atoms with E-state index in [4.69, 9.17) is 15.2 Å². The van der Waals surface area contributed by atoms with Crippen LogP contribution in [-0.2, 0) is 11.3 Å². The minimum atomic E-state index is -1.80. The SMILES string of the molecule is CCO.OB(O)OCc1ccccc1O. The molecular weight excluding hydrogens is 199 g/mol. The molecular formula is C9H15BO5. The summed E-state index contributed by atoms with van der Waals surface area (Å²) in [5.41, 5.74) is 0.519. The number of hydrogen-bond acceptors (Lipinski definition) is 5. The smallest absolute Gasteiger partial charge is 0.508 e. The normalized spacial score (nSPS) is 9.07. The Morgan fingerprint density at radius 1 is 1.27 bits per heavy atom. The Labute approximate surface area is 88.8 Å². The average molecular weight is 214 g/mol. The minimum absolute atomic E-state index is 0.0235. The third-order valence-corrected chi connectivity index (χ3v) is 1.38. The van der Waals surface area contributed by atoms with E-state index >= 15 is 0 Å². The van der Waals surface area contributed by atoms with Gasteiger partial charge in [-0.2, -0.15) is 0 Å². The maximum atomic E-state index is 9.18. The topological polar surface area (TPSA) is 90.2 Å². The Morgan fingerprint density at radius 2 is 1.80 bits per heavy atom. The summed E-state index contributed by atoms with van der Waals surface area (Å²) in [6.07, 6.45) is 0. The molecule has 0 spiro atoms. The molecule has 15 heavy (non-hydrogen) atoms. The highest BCUT2D eigenvalue weighted by Gasteiger charge is 2.09. The second-order valence-corrected chi connectivity index (χ2v) is 2.58. The van der Waals surface area contributed by atoms with Crippen LogP contribution in [0.2, 0.25) is 0 Å². The van der Waals surface area contributed by atoms with Gasteiger partial charge in [0.1, 0.15) is 5.75 Å². The van der Waals surface area contributed by atoms with Gasteiger partial charge in [-0.3, -0.25) is 0 Å². The fourth-order valence-corrected chi connectivity index (χ4v) is 0.797. The molecule has 5 nitrogen and oxygen atoms in total. The molecule has 0 heterocycles. The Kier molecular flexibility index (Phi) is 7.66. The summed E-state index contributed by atoms with van der Waals surface area (Å²) in [4.78, 5) is 0. The van der Waals surface area contributed by atoms with E-state index in [2.05, 4.69) is 4.65 Å². The van der Waals surface area contributed by atoms with Gasteiger partial charge in [0.15, 0.2) is 0 Å². The van der Waals surface area contributed by atoms with Gasteiger partial charge < -0.3 is 24.9 Å². The maximum Gasteiger partial charge on any atom is 0.634 e. The molecule has 0 aromatic heterocycles. The van der Waals surface area contributed by atoms with Crippen LogP contribution in [0.5, 0.6) is 5.75 Å². The number of hydrogen-bond donors (Lipinski definition) is 4. The summed E-state index contributed by atoms with van der Waals surface area (Å²) in [6.45, 7) is 1.91. The van der Waals surface area contributed by atoms with Crippen molar-refractivity contribution in [1.29, 1.82) is 0 Å². The van der Waals surface area contributed by atoms with Gasteiger partial charge in [-0.25, -0.2) is 0 Å². The highest BCUT2D eigenvalue weighted by molar-refractivity contribution is 6.32. The van der Waals surface area contributed by atoms with E-state index in [1.807, 2.05) is 0 Å². The van der Waals surface area contributed by atoms with Crippen LogP contribution < -0.4 is 0 Å². The van der Waals surface area contributed by atoms with E-state index < -0.39 is 7.32 Å². The molecule has 0 amide bonds. The van der Waals surface area contributed by atoms with Crippen molar-refractivity contribution in [3.63, 3.8) is 0 Å². The fraction of sp³-hybridized carbons (Fsp3) is 0.333. The van der Waals surface area contributed by atoms with E-state index in [0.29, 0.717) is 5.56 Å². The van der Waals surface area contributed by atoms with Gasteiger partial charge in [0, 0.05) is 12.2 Å². The number of phenolic OH excluding ortho intramolecular Hbond substituents is 1. The molecule has 0 aliphatic rings. The first kappa shape index (κ1) is 13.9. The van der Waals surface area contributed by atoms with E-state index in [-0.39, 0.29) is 19.0 Å². The molecule has 0 saturated heterocycles. The Bertz CT molecular complexity index is 266. The van der Waals surface area contributed by atoms with Crippen LogP contribution in [0.15, 0.2) is 24.3 Å². The van der Waals surface area contributed by atoms with Crippen LogP contribution in [0.25, 0.3) is 0 Å². The molecule has 0 saturated carbocycles. The molecule has 4 N–H and O–H groups in total. The number of aliphatic hydroxyl groups excluding tert-OH is 1. The van der Waals surface area contributed by atoms with E-state index in [0.717, 1.165) is 0 Å². The molecule has 0 radical (unpaired) electrons. The first-order chi connectivity index (χ1) is 7.11. The predicted octanol–water partition coefficient (Wildman–Crippen LogP) is -0.123. The maximum absolute atomic E-state index is 9.18. The summed E-state index contributed by atoms with van der Waals surface area (Å²) < 4.78 is 4.46. The average Bonchev–Trinajstić information content (AvgIpc) is 2.17. The minimum Gasteiger partial charge on any atom is -0.508 e. The lowest BCUT2D eigenvalue weighted by Crippen LogP contribution is -2.16. The van der Waals surface area contributed by atoms with Gasteiger partial charge in [0.2, 0.25) is 0 Å².